The van der Waals surface area contributed by atoms with Gasteiger partial charge in [-0.1, -0.05) is 61.8 Å². The van der Waals surface area contributed by atoms with E-state index in [1.807, 2.05) is 6.07 Å². The fraction of sp³-hybridized carbons (Fsp3) is 0.600. The van der Waals surface area contributed by atoms with Crippen LogP contribution in [0.1, 0.15) is 33.3 Å². The second-order valence-electron chi connectivity index (χ2n) is 6.29. The maximum absolute atomic E-state index is 9.24. The van der Waals surface area contributed by atoms with Gasteiger partial charge in [0.05, 0.1) is 0 Å². The molecule has 1 rings (SSSR count). The fourth-order valence-corrected chi connectivity index (χ4v) is 2.70. The van der Waals surface area contributed by atoms with Crippen LogP contribution in [-0.2, 0) is 5.41 Å². The summed E-state index contributed by atoms with van der Waals surface area (Å²) in [7, 11) is 0. The molecule has 2 N–H and O–H groups in total. The van der Waals surface area contributed by atoms with Gasteiger partial charge in [0, 0.05) is 35.0 Å². The molecule has 0 aliphatic rings. The van der Waals surface area contributed by atoms with Crippen LogP contribution >= 0.6 is 15.9 Å². The molecule has 0 amide bonds. The number of rotatable bonds is 6. The lowest BCUT2D eigenvalue weighted by Crippen LogP contribution is -2.39. The van der Waals surface area contributed by atoms with Crippen LogP contribution in [0.2, 0.25) is 0 Å². The van der Waals surface area contributed by atoms with Gasteiger partial charge in [-0.15, -0.1) is 0 Å². The maximum atomic E-state index is 9.24. The van der Waals surface area contributed by atoms with Crippen molar-refractivity contribution in [3.8, 4) is 0 Å². The van der Waals surface area contributed by atoms with E-state index in [0.717, 1.165) is 17.6 Å². The Bertz CT molecular complexity index is 388. The molecule has 0 heterocycles. The Morgan fingerprint density at radius 2 is 1.72 bits per heavy atom. The SMILES string of the molecule is CC(C)(CO)CNCC(C)(C)c1ccccc1Br. The van der Waals surface area contributed by atoms with Crippen LogP contribution in [0.25, 0.3) is 0 Å². The Kier molecular flexibility index (Phi) is 5.38. The fourth-order valence-electron chi connectivity index (χ4n) is 1.87. The van der Waals surface area contributed by atoms with Crippen molar-refractivity contribution in [2.75, 3.05) is 19.7 Å². The third-order valence-corrected chi connectivity index (χ3v) is 3.89. The van der Waals surface area contributed by atoms with Crippen LogP contribution in [0.15, 0.2) is 28.7 Å². The maximum Gasteiger partial charge on any atom is 0.0494 e. The van der Waals surface area contributed by atoms with Gasteiger partial charge in [-0.3, -0.25) is 0 Å². The molecule has 0 atom stereocenters. The van der Waals surface area contributed by atoms with Crippen molar-refractivity contribution in [2.45, 2.75) is 33.1 Å². The summed E-state index contributed by atoms with van der Waals surface area (Å²) >= 11 is 3.61. The Morgan fingerprint density at radius 1 is 1.11 bits per heavy atom. The number of hydrogen-bond acceptors (Lipinski definition) is 2. The van der Waals surface area contributed by atoms with E-state index in [-0.39, 0.29) is 17.4 Å². The zero-order valence-corrected chi connectivity index (χ0v) is 13.3. The van der Waals surface area contributed by atoms with Crippen molar-refractivity contribution in [1.82, 2.24) is 5.32 Å². The van der Waals surface area contributed by atoms with E-state index < -0.39 is 0 Å². The van der Waals surface area contributed by atoms with Crippen molar-refractivity contribution in [3.05, 3.63) is 34.3 Å². The topological polar surface area (TPSA) is 32.3 Å². The molecule has 0 bridgehead atoms. The van der Waals surface area contributed by atoms with Gasteiger partial charge in [-0.2, -0.15) is 0 Å². The van der Waals surface area contributed by atoms with Gasteiger partial charge in [0.1, 0.15) is 0 Å². The van der Waals surface area contributed by atoms with Gasteiger partial charge in [0.2, 0.25) is 0 Å². The number of halogens is 1. The number of aliphatic hydroxyl groups excluding tert-OH is 1. The Labute approximate surface area is 119 Å². The molecule has 1 aromatic rings. The van der Waals surface area contributed by atoms with Gasteiger partial charge in [0.15, 0.2) is 0 Å². The predicted molar refractivity (Wildman–Crippen MR) is 80.9 cm³/mol. The normalized spacial score (nSPS) is 12.8. The zero-order valence-electron chi connectivity index (χ0n) is 11.8. The van der Waals surface area contributed by atoms with Gasteiger partial charge < -0.3 is 10.4 Å². The molecule has 0 aromatic heterocycles. The first-order valence-corrected chi connectivity index (χ1v) is 7.14. The van der Waals surface area contributed by atoms with Crippen LogP contribution < -0.4 is 5.32 Å². The molecule has 1 aromatic carbocycles. The summed E-state index contributed by atoms with van der Waals surface area (Å²) < 4.78 is 1.15. The minimum absolute atomic E-state index is 0.0611. The highest BCUT2D eigenvalue weighted by Crippen LogP contribution is 2.29. The second-order valence-corrected chi connectivity index (χ2v) is 7.14. The van der Waals surface area contributed by atoms with Gasteiger partial charge in [-0.05, 0) is 11.6 Å². The summed E-state index contributed by atoms with van der Waals surface area (Å²) in [4.78, 5) is 0. The molecule has 3 heteroatoms. The zero-order chi connectivity index (χ0) is 13.8. The van der Waals surface area contributed by atoms with Crippen molar-refractivity contribution < 1.29 is 5.11 Å². The summed E-state index contributed by atoms with van der Waals surface area (Å²) in [6.45, 7) is 10.5. The van der Waals surface area contributed by atoms with Crippen molar-refractivity contribution in [3.63, 3.8) is 0 Å². The average Bonchev–Trinajstić information content (AvgIpc) is 2.29. The third-order valence-electron chi connectivity index (χ3n) is 3.20. The van der Waals surface area contributed by atoms with E-state index >= 15 is 0 Å². The molecule has 0 spiro atoms. The molecular weight excluding hydrogens is 290 g/mol. The standard InChI is InChI=1S/C15H24BrNO/c1-14(2,11-18)9-17-10-15(3,4)12-7-5-6-8-13(12)16/h5-8,17-18H,9-11H2,1-4H3. The second kappa shape index (κ2) is 6.18. The van der Waals surface area contributed by atoms with E-state index in [1.165, 1.54) is 5.56 Å². The number of hydrogen-bond donors (Lipinski definition) is 2. The average molecular weight is 314 g/mol. The lowest BCUT2D eigenvalue weighted by molar-refractivity contribution is 0.155. The van der Waals surface area contributed by atoms with Gasteiger partial charge in [-0.25, -0.2) is 0 Å². The number of benzene rings is 1. The predicted octanol–water partition coefficient (Wildman–Crippen LogP) is 3.33. The largest absolute Gasteiger partial charge is 0.396 e. The molecule has 18 heavy (non-hydrogen) atoms. The van der Waals surface area contributed by atoms with Crippen molar-refractivity contribution >= 4 is 15.9 Å². The summed E-state index contributed by atoms with van der Waals surface area (Å²) in [5.41, 5.74) is 1.30. The molecule has 0 saturated heterocycles. The third kappa shape index (κ3) is 4.38. The quantitative estimate of drug-likeness (QED) is 0.844. The first kappa shape index (κ1) is 15.7. The molecule has 0 unspecified atom stereocenters. The van der Waals surface area contributed by atoms with E-state index in [9.17, 15) is 5.11 Å². The first-order chi connectivity index (χ1) is 8.28. The molecule has 0 saturated carbocycles. The monoisotopic (exact) mass is 313 g/mol. The van der Waals surface area contributed by atoms with E-state index in [4.69, 9.17) is 0 Å². The molecule has 0 aliphatic heterocycles. The minimum atomic E-state index is -0.0655. The Morgan fingerprint density at radius 3 is 2.28 bits per heavy atom. The summed E-state index contributed by atoms with van der Waals surface area (Å²) in [6.07, 6.45) is 0. The molecule has 0 aliphatic carbocycles. The highest BCUT2D eigenvalue weighted by atomic mass is 79.9. The first-order valence-electron chi connectivity index (χ1n) is 6.35. The molecule has 102 valence electrons. The summed E-state index contributed by atoms with van der Waals surface area (Å²) in [5, 5.41) is 12.7. The van der Waals surface area contributed by atoms with Crippen LogP contribution in [0.5, 0.6) is 0 Å². The van der Waals surface area contributed by atoms with Crippen LogP contribution in [0, 0.1) is 5.41 Å². The highest BCUT2D eigenvalue weighted by molar-refractivity contribution is 9.10. The van der Waals surface area contributed by atoms with E-state index in [0.29, 0.717) is 0 Å². The lowest BCUT2D eigenvalue weighted by atomic mass is 9.84. The van der Waals surface area contributed by atoms with Gasteiger partial charge in [0.25, 0.3) is 0 Å². The molecule has 0 radical (unpaired) electrons. The smallest absolute Gasteiger partial charge is 0.0494 e. The van der Waals surface area contributed by atoms with Gasteiger partial charge >= 0.3 is 0 Å². The van der Waals surface area contributed by atoms with Crippen molar-refractivity contribution in [2.24, 2.45) is 5.41 Å². The lowest BCUT2D eigenvalue weighted by Gasteiger charge is -2.30. The van der Waals surface area contributed by atoms with E-state index in [2.05, 4.69) is 67.1 Å². The summed E-state index contributed by atoms with van der Waals surface area (Å²) in [5.74, 6) is 0. The Hall–Kier alpha value is -0.380. The molecule has 0 fully saturated rings. The van der Waals surface area contributed by atoms with Crippen molar-refractivity contribution in [1.29, 1.82) is 0 Å². The van der Waals surface area contributed by atoms with Crippen LogP contribution in [0.4, 0.5) is 0 Å². The number of nitrogens with one attached hydrogen (secondary N) is 1. The highest BCUT2D eigenvalue weighted by Gasteiger charge is 2.24. The Balaban J connectivity index is 2.63. The van der Waals surface area contributed by atoms with Crippen LogP contribution in [0.3, 0.4) is 0 Å². The van der Waals surface area contributed by atoms with Crippen LogP contribution in [-0.4, -0.2) is 24.8 Å². The summed E-state index contributed by atoms with van der Waals surface area (Å²) in [6, 6.07) is 8.34. The minimum Gasteiger partial charge on any atom is -0.396 e. The molecular formula is C15H24BrNO. The number of aliphatic hydroxyl groups is 1. The van der Waals surface area contributed by atoms with E-state index in [1.54, 1.807) is 0 Å². The molecule has 2 nitrogen and oxygen atoms in total.